The largest absolute Gasteiger partial charge is 0.497 e. The van der Waals surface area contributed by atoms with Crippen molar-refractivity contribution in [2.24, 2.45) is 4.99 Å². The Morgan fingerprint density at radius 2 is 2.03 bits per heavy atom. The summed E-state index contributed by atoms with van der Waals surface area (Å²) in [5, 5.41) is 14.1. The minimum Gasteiger partial charge on any atom is -0.497 e. The van der Waals surface area contributed by atoms with Gasteiger partial charge in [0.15, 0.2) is 5.96 Å². The lowest BCUT2D eigenvalue weighted by atomic mass is 10.1. The number of likely N-dealkylation sites (tertiary alicyclic amines) is 1. The summed E-state index contributed by atoms with van der Waals surface area (Å²) in [7, 11) is 3.20. The molecule has 180 valence electrons. The van der Waals surface area contributed by atoms with Crippen LogP contribution in [0, 0.1) is 0 Å². The van der Waals surface area contributed by atoms with Crippen molar-refractivity contribution in [1.29, 1.82) is 0 Å². The van der Waals surface area contributed by atoms with Crippen molar-refractivity contribution in [2.75, 3.05) is 53.6 Å². The first-order valence-electron chi connectivity index (χ1n) is 11.8. The molecule has 2 fully saturated rings. The van der Waals surface area contributed by atoms with Gasteiger partial charge in [-0.05, 0) is 57.2 Å². The summed E-state index contributed by atoms with van der Waals surface area (Å²) in [5.74, 6) is 2.12. The van der Waals surface area contributed by atoms with Gasteiger partial charge in [-0.3, -0.25) is 4.99 Å². The van der Waals surface area contributed by atoms with E-state index in [0.29, 0.717) is 23.7 Å². The van der Waals surface area contributed by atoms with Gasteiger partial charge in [0.25, 0.3) is 0 Å². The van der Waals surface area contributed by atoms with Crippen LogP contribution in [0.25, 0.3) is 0 Å². The monoisotopic (exact) mass is 449 g/mol. The molecule has 0 bridgehead atoms. The molecule has 32 heavy (non-hydrogen) atoms. The molecule has 2 atom stereocenters. The Morgan fingerprint density at radius 3 is 2.69 bits per heavy atom. The number of piperidine rings is 1. The van der Waals surface area contributed by atoms with Crippen molar-refractivity contribution < 1.29 is 24.1 Å². The van der Waals surface area contributed by atoms with Crippen molar-refractivity contribution in [3.05, 3.63) is 23.8 Å². The van der Waals surface area contributed by atoms with Gasteiger partial charge >= 0.3 is 0 Å². The Labute approximate surface area is 191 Å². The van der Waals surface area contributed by atoms with Gasteiger partial charge in [0.1, 0.15) is 17.6 Å². The second-order valence-corrected chi connectivity index (χ2v) is 8.33. The van der Waals surface area contributed by atoms with Gasteiger partial charge in [-0.15, -0.1) is 0 Å². The van der Waals surface area contributed by atoms with E-state index in [0.717, 1.165) is 51.5 Å². The molecule has 0 saturated carbocycles. The van der Waals surface area contributed by atoms with Gasteiger partial charge in [-0.25, -0.2) is 0 Å². The number of hydrogen-bond acceptors (Lipinski definition) is 6. The molecule has 3 rings (SSSR count). The fourth-order valence-electron chi connectivity index (χ4n) is 4.21. The second-order valence-electron chi connectivity index (χ2n) is 8.33. The number of methoxy groups -OCH3 is 2. The molecule has 1 aromatic rings. The molecule has 2 aliphatic rings. The molecule has 0 radical (unpaired) electrons. The van der Waals surface area contributed by atoms with Crippen LogP contribution in [0.5, 0.6) is 11.5 Å². The SMILES string of the molecule is CCNC(=NCC(O)c1cc(OC)ccc1OC)N1CCC(OCC2CCCCO2)CC1. The lowest BCUT2D eigenvalue weighted by Crippen LogP contribution is -2.47. The number of guanidine groups is 1. The second kappa shape index (κ2) is 12.9. The zero-order chi connectivity index (χ0) is 22.8. The maximum Gasteiger partial charge on any atom is 0.194 e. The summed E-state index contributed by atoms with van der Waals surface area (Å²) in [5.41, 5.74) is 0.670. The third kappa shape index (κ3) is 6.98. The Morgan fingerprint density at radius 1 is 1.22 bits per heavy atom. The number of hydrogen-bond donors (Lipinski definition) is 2. The molecule has 0 aliphatic carbocycles. The fraction of sp³-hybridized carbons (Fsp3) is 0.708. The fourth-order valence-corrected chi connectivity index (χ4v) is 4.21. The number of ether oxygens (including phenoxy) is 4. The molecule has 2 unspecified atom stereocenters. The normalized spacial score (nSPS) is 21.3. The smallest absolute Gasteiger partial charge is 0.194 e. The summed E-state index contributed by atoms with van der Waals surface area (Å²) >= 11 is 0. The first-order valence-corrected chi connectivity index (χ1v) is 11.8. The van der Waals surface area contributed by atoms with Crippen molar-refractivity contribution in [2.45, 2.75) is 57.3 Å². The van der Waals surface area contributed by atoms with Crippen LogP contribution in [0.3, 0.4) is 0 Å². The molecular formula is C24H39N3O5. The van der Waals surface area contributed by atoms with Crippen LogP contribution in [0.1, 0.15) is 50.7 Å². The molecule has 0 spiro atoms. The van der Waals surface area contributed by atoms with Gasteiger partial charge in [0, 0.05) is 31.8 Å². The summed E-state index contributed by atoms with van der Waals surface area (Å²) < 4.78 is 22.6. The van der Waals surface area contributed by atoms with Crippen LogP contribution < -0.4 is 14.8 Å². The predicted molar refractivity (Wildman–Crippen MR) is 125 cm³/mol. The van der Waals surface area contributed by atoms with Gasteiger partial charge in [0.2, 0.25) is 0 Å². The summed E-state index contributed by atoms with van der Waals surface area (Å²) in [6.07, 6.45) is 5.18. The van der Waals surface area contributed by atoms with Crippen LogP contribution in [0.15, 0.2) is 23.2 Å². The summed E-state index contributed by atoms with van der Waals surface area (Å²) in [4.78, 5) is 6.96. The number of aliphatic hydroxyl groups is 1. The molecule has 8 heteroatoms. The molecule has 8 nitrogen and oxygen atoms in total. The van der Waals surface area contributed by atoms with Gasteiger partial charge in [-0.2, -0.15) is 0 Å². The Hall–Kier alpha value is -2.03. The molecule has 1 aromatic carbocycles. The van der Waals surface area contributed by atoms with Gasteiger partial charge < -0.3 is 34.3 Å². The Bertz CT molecular complexity index is 716. The number of nitrogens with zero attached hydrogens (tertiary/aromatic N) is 2. The number of nitrogens with one attached hydrogen (secondary N) is 1. The molecule has 2 saturated heterocycles. The van der Waals surface area contributed by atoms with Crippen LogP contribution in [0.4, 0.5) is 0 Å². The zero-order valence-electron chi connectivity index (χ0n) is 19.7. The van der Waals surface area contributed by atoms with Crippen LogP contribution in [-0.2, 0) is 9.47 Å². The predicted octanol–water partition coefficient (Wildman–Crippen LogP) is 2.75. The van der Waals surface area contributed by atoms with Crippen LogP contribution in [-0.4, -0.2) is 81.8 Å². The highest BCUT2D eigenvalue weighted by Crippen LogP contribution is 2.29. The highest BCUT2D eigenvalue weighted by Gasteiger charge is 2.24. The van der Waals surface area contributed by atoms with Gasteiger partial charge in [0.05, 0.1) is 39.6 Å². The third-order valence-electron chi connectivity index (χ3n) is 6.08. The van der Waals surface area contributed by atoms with Crippen molar-refractivity contribution >= 4 is 5.96 Å². The van der Waals surface area contributed by atoms with Crippen molar-refractivity contribution in [3.8, 4) is 11.5 Å². The Balaban J connectivity index is 1.53. The number of aliphatic hydroxyl groups excluding tert-OH is 1. The van der Waals surface area contributed by atoms with Crippen LogP contribution in [0.2, 0.25) is 0 Å². The summed E-state index contributed by atoms with van der Waals surface area (Å²) in [6, 6.07) is 5.41. The first kappa shape index (κ1) is 24.6. The standard InChI is InChI=1S/C24H39N3O5/c1-4-25-24(26-16-22(28)21-15-19(29-2)8-9-23(21)30-3)27-12-10-18(11-13-27)32-17-20-7-5-6-14-31-20/h8-9,15,18,20,22,28H,4-7,10-14,16-17H2,1-3H3,(H,25,26). The quantitative estimate of drug-likeness (QED) is 0.443. The molecule has 2 aliphatic heterocycles. The maximum absolute atomic E-state index is 10.8. The van der Waals surface area contributed by atoms with E-state index in [9.17, 15) is 5.11 Å². The van der Waals surface area contributed by atoms with Gasteiger partial charge in [-0.1, -0.05) is 0 Å². The van der Waals surface area contributed by atoms with E-state index in [1.807, 2.05) is 6.07 Å². The highest BCUT2D eigenvalue weighted by molar-refractivity contribution is 5.80. The Kier molecular flexibility index (Phi) is 9.89. The highest BCUT2D eigenvalue weighted by atomic mass is 16.5. The molecule has 2 heterocycles. The molecule has 0 amide bonds. The van der Waals surface area contributed by atoms with E-state index in [-0.39, 0.29) is 18.8 Å². The number of rotatable bonds is 9. The molecular weight excluding hydrogens is 410 g/mol. The lowest BCUT2D eigenvalue weighted by Gasteiger charge is -2.35. The third-order valence-corrected chi connectivity index (χ3v) is 6.08. The topological polar surface area (TPSA) is 84.8 Å². The minimum absolute atomic E-state index is 0.237. The maximum atomic E-state index is 10.8. The van der Waals surface area contributed by atoms with E-state index in [4.69, 9.17) is 23.9 Å². The van der Waals surface area contributed by atoms with E-state index in [2.05, 4.69) is 17.1 Å². The lowest BCUT2D eigenvalue weighted by molar-refractivity contribution is -0.0721. The van der Waals surface area contributed by atoms with E-state index in [1.54, 1.807) is 26.4 Å². The average molecular weight is 450 g/mol. The van der Waals surface area contributed by atoms with E-state index >= 15 is 0 Å². The number of aliphatic imine (C=N–C) groups is 1. The molecule has 0 aromatic heterocycles. The van der Waals surface area contributed by atoms with E-state index < -0.39 is 6.10 Å². The molecule has 2 N–H and O–H groups in total. The van der Waals surface area contributed by atoms with Crippen molar-refractivity contribution in [3.63, 3.8) is 0 Å². The number of benzene rings is 1. The first-order chi connectivity index (χ1) is 15.6. The minimum atomic E-state index is -0.787. The summed E-state index contributed by atoms with van der Waals surface area (Å²) in [6.45, 7) is 6.38. The van der Waals surface area contributed by atoms with Crippen LogP contribution >= 0.6 is 0 Å². The van der Waals surface area contributed by atoms with Crippen molar-refractivity contribution in [1.82, 2.24) is 10.2 Å². The zero-order valence-corrected chi connectivity index (χ0v) is 19.7. The van der Waals surface area contributed by atoms with E-state index in [1.165, 1.54) is 12.8 Å². The average Bonchev–Trinajstić information content (AvgIpc) is 2.85.